The molecule has 0 aliphatic rings. The fourth-order valence-corrected chi connectivity index (χ4v) is 2.15. The maximum absolute atomic E-state index is 12.8. The number of ether oxygens (including phenoxy) is 3. The van der Waals surface area contributed by atoms with Crippen LogP contribution in [-0.4, -0.2) is 20.3 Å². The first kappa shape index (κ1) is 16.4. The van der Waals surface area contributed by atoms with E-state index in [1.54, 1.807) is 24.3 Å². The standard InChI is InChI=1S/C16H17ClFNO3/c1-20-15-9-11(10-19)8-14(17)16(15)22-7-6-21-13-4-2-12(18)3-5-13/h2-5,8-9H,6-7,10,19H2,1H3. The Morgan fingerprint density at radius 2 is 1.77 bits per heavy atom. The molecule has 0 unspecified atom stereocenters. The number of hydrogen-bond acceptors (Lipinski definition) is 4. The third kappa shape index (κ3) is 4.26. The van der Waals surface area contributed by atoms with Crippen LogP contribution in [0.4, 0.5) is 4.39 Å². The van der Waals surface area contributed by atoms with Crippen molar-refractivity contribution in [1.82, 2.24) is 0 Å². The zero-order chi connectivity index (χ0) is 15.9. The summed E-state index contributed by atoms with van der Waals surface area (Å²) < 4.78 is 29.1. The van der Waals surface area contributed by atoms with Gasteiger partial charge in [0.25, 0.3) is 0 Å². The molecule has 0 bridgehead atoms. The second-order valence-electron chi connectivity index (χ2n) is 4.46. The summed E-state index contributed by atoms with van der Waals surface area (Å²) in [6, 6.07) is 9.30. The van der Waals surface area contributed by atoms with Gasteiger partial charge in [-0.2, -0.15) is 0 Å². The minimum atomic E-state index is -0.305. The lowest BCUT2D eigenvalue weighted by Gasteiger charge is -2.14. The van der Waals surface area contributed by atoms with Gasteiger partial charge in [0.05, 0.1) is 12.1 Å². The predicted molar refractivity (Wildman–Crippen MR) is 83.3 cm³/mol. The topological polar surface area (TPSA) is 53.7 Å². The van der Waals surface area contributed by atoms with Crippen molar-refractivity contribution in [3.8, 4) is 17.2 Å². The average molecular weight is 326 g/mol. The highest BCUT2D eigenvalue weighted by Crippen LogP contribution is 2.36. The van der Waals surface area contributed by atoms with Crippen molar-refractivity contribution in [3.05, 3.63) is 52.8 Å². The first-order valence-electron chi connectivity index (χ1n) is 6.71. The van der Waals surface area contributed by atoms with E-state index < -0.39 is 0 Å². The largest absolute Gasteiger partial charge is 0.493 e. The summed E-state index contributed by atoms with van der Waals surface area (Å²) in [5.41, 5.74) is 6.45. The van der Waals surface area contributed by atoms with Crippen LogP contribution in [0.15, 0.2) is 36.4 Å². The minimum Gasteiger partial charge on any atom is -0.493 e. The lowest BCUT2D eigenvalue weighted by Crippen LogP contribution is -2.10. The molecule has 0 heterocycles. The molecule has 0 radical (unpaired) electrons. The Kier molecular flexibility index (Phi) is 5.86. The molecule has 6 heteroatoms. The van der Waals surface area contributed by atoms with Crippen LogP contribution < -0.4 is 19.9 Å². The molecule has 0 fully saturated rings. The van der Waals surface area contributed by atoms with Crippen molar-refractivity contribution in [2.75, 3.05) is 20.3 Å². The van der Waals surface area contributed by atoms with Gasteiger partial charge < -0.3 is 19.9 Å². The first-order chi connectivity index (χ1) is 10.6. The zero-order valence-electron chi connectivity index (χ0n) is 12.1. The summed E-state index contributed by atoms with van der Waals surface area (Å²) in [5, 5.41) is 0.432. The van der Waals surface area contributed by atoms with E-state index in [1.165, 1.54) is 19.2 Å². The molecule has 0 spiro atoms. The van der Waals surface area contributed by atoms with Gasteiger partial charge in [0.15, 0.2) is 11.5 Å². The third-order valence-corrected chi connectivity index (χ3v) is 3.22. The summed E-state index contributed by atoms with van der Waals surface area (Å²) in [7, 11) is 1.54. The number of hydrogen-bond donors (Lipinski definition) is 1. The van der Waals surface area contributed by atoms with Gasteiger partial charge >= 0.3 is 0 Å². The van der Waals surface area contributed by atoms with Crippen LogP contribution in [0.5, 0.6) is 17.2 Å². The van der Waals surface area contributed by atoms with Gasteiger partial charge in [0, 0.05) is 6.54 Å². The highest BCUT2D eigenvalue weighted by atomic mass is 35.5. The highest BCUT2D eigenvalue weighted by molar-refractivity contribution is 6.32. The van der Waals surface area contributed by atoms with E-state index in [0.29, 0.717) is 35.4 Å². The van der Waals surface area contributed by atoms with Crippen molar-refractivity contribution < 1.29 is 18.6 Å². The molecule has 0 saturated heterocycles. The monoisotopic (exact) mass is 325 g/mol. The van der Waals surface area contributed by atoms with Gasteiger partial charge in [-0.25, -0.2) is 4.39 Å². The van der Waals surface area contributed by atoms with Crippen LogP contribution in [-0.2, 0) is 6.54 Å². The molecule has 0 aliphatic carbocycles. The molecule has 2 rings (SSSR count). The second-order valence-corrected chi connectivity index (χ2v) is 4.87. The van der Waals surface area contributed by atoms with Gasteiger partial charge in [-0.1, -0.05) is 11.6 Å². The van der Waals surface area contributed by atoms with Crippen LogP contribution in [0.3, 0.4) is 0 Å². The summed E-state index contributed by atoms with van der Waals surface area (Å²) in [6.45, 7) is 0.934. The zero-order valence-corrected chi connectivity index (χ0v) is 12.9. The number of benzene rings is 2. The molecule has 2 aromatic carbocycles. The SMILES string of the molecule is COc1cc(CN)cc(Cl)c1OCCOc1ccc(F)cc1. The maximum Gasteiger partial charge on any atom is 0.179 e. The Morgan fingerprint density at radius 3 is 2.41 bits per heavy atom. The molecule has 2 aromatic rings. The van der Waals surface area contributed by atoms with E-state index in [0.717, 1.165) is 5.56 Å². The Morgan fingerprint density at radius 1 is 1.09 bits per heavy atom. The summed E-state index contributed by atoms with van der Waals surface area (Å²) >= 11 is 6.16. The smallest absolute Gasteiger partial charge is 0.179 e. The molecule has 22 heavy (non-hydrogen) atoms. The fraction of sp³-hybridized carbons (Fsp3) is 0.250. The molecule has 0 saturated carbocycles. The highest BCUT2D eigenvalue weighted by Gasteiger charge is 2.11. The number of rotatable bonds is 7. The predicted octanol–water partition coefficient (Wildman–Crippen LogP) is 3.40. The molecular weight excluding hydrogens is 309 g/mol. The lowest BCUT2D eigenvalue weighted by atomic mass is 10.2. The van der Waals surface area contributed by atoms with Crippen molar-refractivity contribution in [3.63, 3.8) is 0 Å². The third-order valence-electron chi connectivity index (χ3n) is 2.94. The van der Waals surface area contributed by atoms with Crippen LogP contribution in [0.2, 0.25) is 5.02 Å². The van der Waals surface area contributed by atoms with E-state index in [4.69, 9.17) is 31.5 Å². The Hall–Kier alpha value is -1.98. The van der Waals surface area contributed by atoms with Crippen LogP contribution in [0.1, 0.15) is 5.56 Å². The summed E-state index contributed by atoms with van der Waals surface area (Å²) in [5.74, 6) is 1.24. The normalized spacial score (nSPS) is 10.4. The van der Waals surface area contributed by atoms with Crippen molar-refractivity contribution in [2.45, 2.75) is 6.54 Å². The molecule has 0 aromatic heterocycles. The molecule has 0 atom stereocenters. The van der Waals surface area contributed by atoms with Gasteiger partial charge in [-0.05, 0) is 42.0 Å². The summed E-state index contributed by atoms with van der Waals surface area (Å²) in [6.07, 6.45) is 0. The second kappa shape index (κ2) is 7.87. The molecule has 118 valence electrons. The Balaban J connectivity index is 1.92. The van der Waals surface area contributed by atoms with E-state index in [1.807, 2.05) is 0 Å². The maximum atomic E-state index is 12.8. The van der Waals surface area contributed by atoms with Gasteiger partial charge in [-0.15, -0.1) is 0 Å². The van der Waals surface area contributed by atoms with Crippen molar-refractivity contribution in [2.24, 2.45) is 5.73 Å². The number of methoxy groups -OCH3 is 1. The van der Waals surface area contributed by atoms with Crippen molar-refractivity contribution in [1.29, 1.82) is 0 Å². The van der Waals surface area contributed by atoms with E-state index in [9.17, 15) is 4.39 Å². The average Bonchev–Trinajstić information content (AvgIpc) is 2.53. The minimum absolute atomic E-state index is 0.273. The van der Waals surface area contributed by atoms with Crippen molar-refractivity contribution >= 4 is 11.6 Å². The van der Waals surface area contributed by atoms with E-state index in [2.05, 4.69) is 0 Å². The fourth-order valence-electron chi connectivity index (χ4n) is 1.87. The van der Waals surface area contributed by atoms with Crippen LogP contribution in [0.25, 0.3) is 0 Å². The molecule has 0 amide bonds. The molecule has 2 N–H and O–H groups in total. The van der Waals surface area contributed by atoms with E-state index >= 15 is 0 Å². The molecular formula is C16H17ClFNO3. The van der Waals surface area contributed by atoms with Crippen LogP contribution >= 0.6 is 11.6 Å². The Bertz CT molecular complexity index is 620. The first-order valence-corrected chi connectivity index (χ1v) is 7.09. The molecule has 0 aliphatic heterocycles. The lowest BCUT2D eigenvalue weighted by molar-refractivity contribution is 0.211. The van der Waals surface area contributed by atoms with Gasteiger partial charge in [-0.3, -0.25) is 0 Å². The summed E-state index contributed by atoms with van der Waals surface area (Å²) in [4.78, 5) is 0. The van der Waals surface area contributed by atoms with E-state index in [-0.39, 0.29) is 12.4 Å². The Labute approximate surface area is 133 Å². The number of halogens is 2. The van der Waals surface area contributed by atoms with Gasteiger partial charge in [0.2, 0.25) is 0 Å². The quantitative estimate of drug-likeness (QED) is 0.793. The van der Waals surface area contributed by atoms with Gasteiger partial charge in [0.1, 0.15) is 24.8 Å². The molecule has 4 nitrogen and oxygen atoms in total. The van der Waals surface area contributed by atoms with Crippen LogP contribution in [0, 0.1) is 5.82 Å². The number of nitrogens with two attached hydrogens (primary N) is 1.